The second-order valence-corrected chi connectivity index (χ2v) is 7.03. The van der Waals surface area contributed by atoms with Gasteiger partial charge in [-0.1, -0.05) is 6.07 Å². The Morgan fingerprint density at radius 3 is 2.38 bits per heavy atom. The van der Waals surface area contributed by atoms with Gasteiger partial charge in [0.05, 0.1) is 29.6 Å². The maximum absolute atomic E-state index is 12.8. The van der Waals surface area contributed by atoms with Crippen LogP contribution in [0.1, 0.15) is 0 Å². The van der Waals surface area contributed by atoms with Crippen LogP contribution in [0.3, 0.4) is 0 Å². The lowest BCUT2D eigenvalue weighted by Crippen LogP contribution is -2.28. The van der Waals surface area contributed by atoms with Crippen LogP contribution in [0.4, 0.5) is 3.89 Å². The standard InChI is InChI=1S/C11H16FNO6S2/c1-18-7-8-19-6-5-13-21(16,17)11-4-2-3-10(9-11)20(12,14)15/h2-4,9,13H,5-8H2,1H3. The molecule has 1 aromatic rings. The lowest BCUT2D eigenvalue weighted by atomic mass is 10.4. The van der Waals surface area contributed by atoms with Crippen molar-refractivity contribution in [1.29, 1.82) is 0 Å². The van der Waals surface area contributed by atoms with Crippen molar-refractivity contribution in [2.24, 2.45) is 0 Å². The van der Waals surface area contributed by atoms with E-state index in [9.17, 15) is 20.7 Å². The van der Waals surface area contributed by atoms with Crippen LogP contribution in [0.15, 0.2) is 34.1 Å². The Labute approximate surface area is 123 Å². The molecule has 0 radical (unpaired) electrons. The molecule has 0 atom stereocenters. The number of nitrogens with one attached hydrogen (secondary N) is 1. The third-order valence-electron chi connectivity index (χ3n) is 2.37. The molecule has 7 nitrogen and oxygen atoms in total. The zero-order valence-corrected chi connectivity index (χ0v) is 12.9. The maximum Gasteiger partial charge on any atom is 0.332 e. The van der Waals surface area contributed by atoms with Gasteiger partial charge in [-0.05, 0) is 18.2 Å². The van der Waals surface area contributed by atoms with Crippen LogP contribution in [0.2, 0.25) is 0 Å². The van der Waals surface area contributed by atoms with Gasteiger partial charge >= 0.3 is 10.2 Å². The monoisotopic (exact) mass is 341 g/mol. The van der Waals surface area contributed by atoms with Gasteiger partial charge in [0.25, 0.3) is 0 Å². The number of methoxy groups -OCH3 is 1. The summed E-state index contributed by atoms with van der Waals surface area (Å²) >= 11 is 0. The highest BCUT2D eigenvalue weighted by atomic mass is 32.3. The molecule has 0 bridgehead atoms. The SMILES string of the molecule is COCCOCCNS(=O)(=O)c1cccc(S(=O)(=O)F)c1. The summed E-state index contributed by atoms with van der Waals surface area (Å²) in [6.45, 7) is 0.847. The summed E-state index contributed by atoms with van der Waals surface area (Å²) in [6, 6.07) is 4.05. The number of ether oxygens (including phenoxy) is 2. The van der Waals surface area contributed by atoms with E-state index in [0.717, 1.165) is 18.2 Å². The van der Waals surface area contributed by atoms with Gasteiger partial charge < -0.3 is 9.47 Å². The highest BCUT2D eigenvalue weighted by Gasteiger charge is 2.18. The molecule has 0 aliphatic carbocycles. The first-order valence-electron chi connectivity index (χ1n) is 5.88. The van der Waals surface area contributed by atoms with Gasteiger partial charge in [-0.3, -0.25) is 0 Å². The van der Waals surface area contributed by atoms with E-state index >= 15 is 0 Å². The minimum atomic E-state index is -4.95. The number of rotatable bonds is 9. The molecule has 120 valence electrons. The molecule has 1 aromatic carbocycles. The van der Waals surface area contributed by atoms with Gasteiger partial charge in [-0.2, -0.15) is 8.42 Å². The molecule has 0 saturated heterocycles. The molecule has 0 spiro atoms. The van der Waals surface area contributed by atoms with E-state index in [0.29, 0.717) is 13.2 Å². The molecule has 0 saturated carbocycles. The zero-order valence-electron chi connectivity index (χ0n) is 11.3. The summed E-state index contributed by atoms with van der Waals surface area (Å²) in [5, 5.41) is 0. The fourth-order valence-electron chi connectivity index (χ4n) is 1.37. The average molecular weight is 341 g/mol. The maximum atomic E-state index is 12.8. The summed E-state index contributed by atoms with van der Waals surface area (Å²) < 4.78 is 70.2. The Kier molecular flexibility index (Phi) is 6.68. The number of hydrogen-bond acceptors (Lipinski definition) is 6. The van der Waals surface area contributed by atoms with Crippen molar-refractivity contribution >= 4 is 20.2 Å². The Hall–Kier alpha value is -1.07. The van der Waals surface area contributed by atoms with E-state index in [1.165, 1.54) is 13.2 Å². The van der Waals surface area contributed by atoms with E-state index in [4.69, 9.17) is 9.47 Å². The van der Waals surface area contributed by atoms with Gasteiger partial charge in [0.2, 0.25) is 10.0 Å². The van der Waals surface area contributed by atoms with Crippen molar-refractivity contribution < 1.29 is 30.2 Å². The third kappa shape index (κ3) is 6.06. The number of hydrogen-bond donors (Lipinski definition) is 1. The van der Waals surface area contributed by atoms with E-state index < -0.39 is 25.1 Å². The minimum Gasteiger partial charge on any atom is -0.382 e. The molecule has 0 unspecified atom stereocenters. The number of sulfonamides is 1. The molecule has 0 aliphatic rings. The van der Waals surface area contributed by atoms with Gasteiger partial charge in [-0.15, -0.1) is 3.89 Å². The third-order valence-corrected chi connectivity index (χ3v) is 4.64. The first-order chi connectivity index (χ1) is 9.77. The van der Waals surface area contributed by atoms with E-state index in [-0.39, 0.29) is 18.0 Å². The Balaban J connectivity index is 2.67. The largest absolute Gasteiger partial charge is 0.382 e. The topological polar surface area (TPSA) is 98.8 Å². The van der Waals surface area contributed by atoms with Gasteiger partial charge in [-0.25, -0.2) is 13.1 Å². The second-order valence-electron chi connectivity index (χ2n) is 3.92. The molecule has 21 heavy (non-hydrogen) atoms. The van der Waals surface area contributed by atoms with Crippen molar-refractivity contribution in [2.45, 2.75) is 9.79 Å². The van der Waals surface area contributed by atoms with Crippen LogP contribution in [-0.4, -0.2) is 50.3 Å². The van der Waals surface area contributed by atoms with Crippen molar-refractivity contribution in [3.8, 4) is 0 Å². The zero-order chi connectivity index (χ0) is 15.9. The Morgan fingerprint density at radius 1 is 1.10 bits per heavy atom. The van der Waals surface area contributed by atoms with Crippen molar-refractivity contribution in [1.82, 2.24) is 4.72 Å². The first kappa shape index (κ1) is 18.0. The summed E-state index contributed by atoms with van der Waals surface area (Å²) in [7, 11) is -7.37. The lowest BCUT2D eigenvalue weighted by molar-refractivity contribution is 0.0736. The first-order valence-corrected chi connectivity index (χ1v) is 8.75. The van der Waals surface area contributed by atoms with Crippen molar-refractivity contribution in [2.75, 3.05) is 33.5 Å². The lowest BCUT2D eigenvalue weighted by Gasteiger charge is -2.08. The van der Waals surface area contributed by atoms with E-state index in [1.807, 2.05) is 0 Å². The van der Waals surface area contributed by atoms with Crippen LogP contribution < -0.4 is 4.72 Å². The normalized spacial score (nSPS) is 12.5. The fraction of sp³-hybridized carbons (Fsp3) is 0.455. The minimum absolute atomic E-state index is 0.00134. The van der Waals surface area contributed by atoms with Crippen LogP contribution >= 0.6 is 0 Å². The smallest absolute Gasteiger partial charge is 0.332 e. The summed E-state index contributed by atoms with van der Waals surface area (Å²) in [6.07, 6.45) is 0. The van der Waals surface area contributed by atoms with Crippen LogP contribution in [-0.2, 0) is 29.7 Å². The molecule has 0 amide bonds. The summed E-state index contributed by atoms with van der Waals surface area (Å²) in [4.78, 5) is -1.04. The molecule has 0 aliphatic heterocycles. The van der Waals surface area contributed by atoms with Crippen LogP contribution in [0, 0.1) is 0 Å². The number of halogens is 1. The molecule has 1 rings (SSSR count). The van der Waals surface area contributed by atoms with Crippen LogP contribution in [0.5, 0.6) is 0 Å². The molecule has 10 heteroatoms. The average Bonchev–Trinajstić information content (AvgIpc) is 2.42. The summed E-state index contributed by atoms with van der Waals surface area (Å²) in [5.41, 5.74) is 0. The van der Waals surface area contributed by atoms with E-state index in [2.05, 4.69) is 4.72 Å². The van der Waals surface area contributed by atoms with Crippen LogP contribution in [0.25, 0.3) is 0 Å². The van der Waals surface area contributed by atoms with Gasteiger partial charge in [0.15, 0.2) is 0 Å². The van der Waals surface area contributed by atoms with Gasteiger partial charge in [0.1, 0.15) is 0 Å². The predicted molar refractivity (Wildman–Crippen MR) is 72.6 cm³/mol. The molecular weight excluding hydrogens is 325 g/mol. The molecule has 0 heterocycles. The van der Waals surface area contributed by atoms with Crippen molar-refractivity contribution in [3.63, 3.8) is 0 Å². The highest BCUT2D eigenvalue weighted by molar-refractivity contribution is 7.89. The highest BCUT2D eigenvalue weighted by Crippen LogP contribution is 2.17. The second kappa shape index (κ2) is 7.80. The molecule has 0 fully saturated rings. The molecule has 1 N–H and O–H groups in total. The van der Waals surface area contributed by atoms with E-state index in [1.54, 1.807) is 0 Å². The van der Waals surface area contributed by atoms with Crippen molar-refractivity contribution in [3.05, 3.63) is 24.3 Å². The quantitative estimate of drug-likeness (QED) is 0.512. The molecular formula is C11H16FNO6S2. The fourth-order valence-corrected chi connectivity index (χ4v) is 3.01. The predicted octanol–water partition coefficient (Wildman–Crippen LogP) is 0.286. The Bertz CT molecular complexity index is 659. The summed E-state index contributed by atoms with van der Waals surface area (Å²) in [5.74, 6) is 0. The van der Waals surface area contributed by atoms with Gasteiger partial charge in [0, 0.05) is 13.7 Å². The molecule has 0 aromatic heterocycles. The number of benzene rings is 1. The Morgan fingerprint density at radius 2 is 1.76 bits per heavy atom.